The van der Waals surface area contributed by atoms with Crippen LogP contribution in [0.2, 0.25) is 0 Å². The van der Waals surface area contributed by atoms with Crippen LogP contribution in [0.15, 0.2) is 91.0 Å². The second-order valence-electron chi connectivity index (χ2n) is 6.19. The summed E-state index contributed by atoms with van der Waals surface area (Å²) in [7, 11) is -0.446. The highest BCUT2D eigenvalue weighted by molar-refractivity contribution is 8.93. The van der Waals surface area contributed by atoms with Crippen molar-refractivity contribution in [3.8, 4) is 0 Å². The molecule has 0 aliphatic heterocycles. The minimum absolute atomic E-state index is 0. The van der Waals surface area contributed by atoms with Crippen molar-refractivity contribution in [2.24, 2.45) is 0 Å². The van der Waals surface area contributed by atoms with Gasteiger partial charge in [-0.15, -0.1) is 17.0 Å². The summed E-state index contributed by atoms with van der Waals surface area (Å²) in [6, 6.07) is 32.3. The largest absolute Gasteiger partial charge is 0.481 e. The van der Waals surface area contributed by atoms with E-state index in [9.17, 15) is 4.79 Å². The van der Waals surface area contributed by atoms with Crippen LogP contribution in [0.25, 0.3) is 0 Å². The van der Waals surface area contributed by atoms with Gasteiger partial charge in [0.1, 0.15) is 0 Å². The summed E-state index contributed by atoms with van der Waals surface area (Å²) in [6.45, 7) is 2.06. The number of unbranched alkanes of at least 4 members (excludes halogenated alkanes) is 2. The summed E-state index contributed by atoms with van der Waals surface area (Å²) in [5, 5.41) is 12.3. The van der Waals surface area contributed by atoms with E-state index in [1.165, 1.54) is 15.9 Å². The van der Waals surface area contributed by atoms with E-state index in [1.807, 2.05) is 0 Å². The first-order valence-electron chi connectivity index (χ1n) is 9.39. The number of hydrogen-bond acceptors (Lipinski definition) is 1. The Kier molecular flexibility index (Phi) is 12.1. The zero-order valence-corrected chi connectivity index (χ0v) is 18.8. The van der Waals surface area contributed by atoms with E-state index in [4.69, 9.17) is 5.11 Å². The van der Waals surface area contributed by atoms with E-state index in [-0.39, 0.29) is 17.0 Å². The van der Waals surface area contributed by atoms with Gasteiger partial charge in [-0.2, -0.15) is 0 Å². The predicted octanol–water partition coefficient (Wildman–Crippen LogP) is 5.67. The Balaban J connectivity index is 0.000000376. The van der Waals surface area contributed by atoms with E-state index in [0.29, 0.717) is 6.42 Å². The van der Waals surface area contributed by atoms with Gasteiger partial charge in [0.2, 0.25) is 0 Å². The first-order chi connectivity index (χ1) is 13.2. The maximum atomic E-state index is 9.87. The van der Waals surface area contributed by atoms with Crippen molar-refractivity contribution in [1.29, 1.82) is 0 Å². The monoisotopic (exact) mass is 458 g/mol. The Morgan fingerprint density at radius 2 is 1.07 bits per heavy atom. The van der Waals surface area contributed by atoms with E-state index in [2.05, 4.69) is 97.9 Å². The minimum Gasteiger partial charge on any atom is -0.481 e. The molecule has 0 amide bonds. The standard InChI is InChI=1S/C18H15P.C6H12O2.BrH/c1-4-10-16(11-5-1)19(17-12-6-2-7-13-17)18-14-8-3-9-15-18;1-2-3-4-5-6(7)8;/h1-15H;2-5H2,1H3,(H,7,8);1H. The van der Waals surface area contributed by atoms with E-state index in [0.717, 1.165) is 19.3 Å². The lowest BCUT2D eigenvalue weighted by molar-refractivity contribution is -0.137. The number of halogens is 1. The van der Waals surface area contributed by atoms with Crippen LogP contribution in [0, 0.1) is 0 Å². The quantitative estimate of drug-likeness (QED) is 0.365. The van der Waals surface area contributed by atoms with Crippen molar-refractivity contribution in [2.45, 2.75) is 32.6 Å². The lowest BCUT2D eigenvalue weighted by atomic mass is 10.2. The van der Waals surface area contributed by atoms with Crippen molar-refractivity contribution in [3.63, 3.8) is 0 Å². The van der Waals surface area contributed by atoms with Crippen molar-refractivity contribution < 1.29 is 9.90 Å². The molecule has 0 saturated heterocycles. The summed E-state index contributed by atoms with van der Waals surface area (Å²) >= 11 is 0. The van der Waals surface area contributed by atoms with Gasteiger partial charge in [-0.05, 0) is 30.3 Å². The van der Waals surface area contributed by atoms with E-state index >= 15 is 0 Å². The SMILES string of the molecule is Br.CCCCCC(=O)O.c1ccc(P(c2ccccc2)c2ccccc2)cc1. The number of hydrogen-bond donors (Lipinski definition) is 1. The highest BCUT2D eigenvalue weighted by Crippen LogP contribution is 2.32. The third kappa shape index (κ3) is 8.37. The van der Waals surface area contributed by atoms with Gasteiger partial charge < -0.3 is 5.11 Å². The smallest absolute Gasteiger partial charge is 0.303 e. The summed E-state index contributed by atoms with van der Waals surface area (Å²) in [5.74, 6) is -0.682. The van der Waals surface area contributed by atoms with Crippen LogP contribution in [-0.4, -0.2) is 11.1 Å². The normalized spacial score (nSPS) is 9.79. The van der Waals surface area contributed by atoms with Gasteiger partial charge in [0, 0.05) is 6.42 Å². The van der Waals surface area contributed by atoms with Gasteiger partial charge >= 0.3 is 5.97 Å². The second kappa shape index (κ2) is 14.1. The first-order valence-corrected chi connectivity index (χ1v) is 10.7. The number of rotatable bonds is 7. The summed E-state index contributed by atoms with van der Waals surface area (Å²) in [5.41, 5.74) is 0. The molecule has 0 aliphatic rings. The fourth-order valence-corrected chi connectivity index (χ4v) is 5.01. The van der Waals surface area contributed by atoms with Crippen LogP contribution in [0.5, 0.6) is 0 Å². The van der Waals surface area contributed by atoms with Gasteiger partial charge in [-0.1, -0.05) is 111 Å². The molecule has 0 saturated carbocycles. The van der Waals surface area contributed by atoms with Gasteiger partial charge in [-0.3, -0.25) is 4.79 Å². The zero-order chi connectivity index (χ0) is 19.3. The maximum absolute atomic E-state index is 9.87. The molecular formula is C24H28BrO2P. The van der Waals surface area contributed by atoms with Gasteiger partial charge in [-0.25, -0.2) is 0 Å². The van der Waals surface area contributed by atoms with Gasteiger partial charge in [0.05, 0.1) is 0 Å². The average Bonchev–Trinajstić information content (AvgIpc) is 2.71. The average molecular weight is 459 g/mol. The van der Waals surface area contributed by atoms with E-state index in [1.54, 1.807) is 0 Å². The van der Waals surface area contributed by atoms with Crippen molar-refractivity contribution >= 4 is 46.8 Å². The summed E-state index contributed by atoms with van der Waals surface area (Å²) in [6.07, 6.45) is 3.28. The molecule has 28 heavy (non-hydrogen) atoms. The Morgan fingerprint density at radius 3 is 1.36 bits per heavy atom. The predicted molar refractivity (Wildman–Crippen MR) is 127 cm³/mol. The lowest BCUT2D eigenvalue weighted by Gasteiger charge is -2.18. The molecule has 3 aromatic rings. The van der Waals surface area contributed by atoms with Crippen LogP contribution in [0.1, 0.15) is 32.6 Å². The molecule has 148 valence electrons. The highest BCUT2D eigenvalue weighted by atomic mass is 79.9. The number of carbonyl (C=O) groups is 1. The molecular weight excluding hydrogens is 431 g/mol. The molecule has 0 aromatic heterocycles. The molecule has 0 spiro atoms. The number of carboxylic acids is 1. The Hall–Kier alpha value is -1.96. The lowest BCUT2D eigenvalue weighted by Crippen LogP contribution is -2.20. The van der Waals surface area contributed by atoms with E-state index < -0.39 is 13.9 Å². The topological polar surface area (TPSA) is 37.3 Å². The molecule has 0 radical (unpaired) electrons. The van der Waals surface area contributed by atoms with Crippen LogP contribution < -0.4 is 15.9 Å². The number of aliphatic carboxylic acids is 1. The zero-order valence-electron chi connectivity index (χ0n) is 16.2. The van der Waals surface area contributed by atoms with Gasteiger partial charge in [0.25, 0.3) is 0 Å². The van der Waals surface area contributed by atoms with Gasteiger partial charge in [0.15, 0.2) is 0 Å². The first kappa shape index (κ1) is 24.1. The molecule has 3 rings (SSSR count). The molecule has 0 bridgehead atoms. The molecule has 0 aliphatic carbocycles. The van der Waals surface area contributed by atoms with Crippen molar-refractivity contribution in [1.82, 2.24) is 0 Å². The minimum atomic E-state index is -0.682. The Morgan fingerprint density at radius 1 is 0.714 bits per heavy atom. The fourth-order valence-electron chi connectivity index (χ4n) is 2.70. The Labute approximate surface area is 180 Å². The molecule has 3 aromatic carbocycles. The molecule has 4 heteroatoms. The third-order valence-corrected chi connectivity index (χ3v) is 6.48. The van der Waals surface area contributed by atoms with Crippen LogP contribution in [0.3, 0.4) is 0 Å². The second-order valence-corrected chi connectivity index (χ2v) is 8.41. The van der Waals surface area contributed by atoms with Crippen LogP contribution >= 0.6 is 24.9 Å². The Bertz CT molecular complexity index is 686. The number of carboxylic acid groups (broad SMARTS) is 1. The molecule has 0 heterocycles. The number of benzene rings is 3. The van der Waals surface area contributed by atoms with Crippen molar-refractivity contribution in [2.75, 3.05) is 0 Å². The maximum Gasteiger partial charge on any atom is 0.303 e. The summed E-state index contributed by atoms with van der Waals surface area (Å²) in [4.78, 5) is 9.87. The van der Waals surface area contributed by atoms with Crippen LogP contribution in [-0.2, 0) is 4.79 Å². The summed E-state index contributed by atoms with van der Waals surface area (Å²) < 4.78 is 0. The molecule has 0 unspecified atom stereocenters. The fraction of sp³-hybridized carbons (Fsp3) is 0.208. The molecule has 1 N–H and O–H groups in total. The molecule has 0 atom stereocenters. The van der Waals surface area contributed by atoms with Crippen LogP contribution in [0.4, 0.5) is 0 Å². The molecule has 0 fully saturated rings. The third-order valence-electron chi connectivity index (χ3n) is 4.04. The van der Waals surface area contributed by atoms with Crippen molar-refractivity contribution in [3.05, 3.63) is 91.0 Å². The highest BCUT2D eigenvalue weighted by Gasteiger charge is 2.14. The molecule has 2 nitrogen and oxygen atoms in total.